The van der Waals surface area contributed by atoms with Gasteiger partial charge in [0.25, 0.3) is 0 Å². The topological polar surface area (TPSA) is 14.2 Å². The molecule has 0 fully saturated rings. The number of hydrogen-bond donors (Lipinski definition) is 0. The fraction of sp³-hybridized carbons (Fsp3) is 0.333. The van der Waals surface area contributed by atoms with Gasteiger partial charge in [-0.2, -0.15) is 0 Å². The summed E-state index contributed by atoms with van der Waals surface area (Å²) in [5.41, 5.74) is 2.43. The van der Waals surface area contributed by atoms with Gasteiger partial charge >= 0.3 is 0 Å². The average molecular weight is 229 g/mol. The largest absolute Gasteiger partial charge is 0.358 e. The number of nitrogens with zero attached hydrogens (tertiary/aromatic N) is 1. The number of ether oxygens (including phenoxy) is 1. The van der Waals surface area contributed by atoms with E-state index in [2.05, 4.69) is 61.0 Å². The minimum atomic E-state index is 0.0835. The summed E-state index contributed by atoms with van der Waals surface area (Å²) in [7, 11) is 0. The molecule has 0 amide bonds. The van der Waals surface area contributed by atoms with E-state index in [9.17, 15) is 0 Å². The van der Waals surface area contributed by atoms with Crippen LogP contribution in [0, 0.1) is 0 Å². The highest BCUT2D eigenvalue weighted by molar-refractivity contribution is 5.59. The lowest BCUT2D eigenvalue weighted by atomic mass is 10.1. The highest BCUT2D eigenvalue weighted by Crippen LogP contribution is 2.23. The van der Waals surface area contributed by atoms with Crippen LogP contribution in [0.3, 0.4) is 0 Å². The monoisotopic (exact) mass is 229 g/mol. The third-order valence-corrected chi connectivity index (χ3v) is 2.80. The third-order valence-electron chi connectivity index (χ3n) is 2.80. The van der Waals surface area contributed by atoms with E-state index in [4.69, 9.17) is 4.74 Å². The van der Waals surface area contributed by atoms with Crippen molar-refractivity contribution in [3.05, 3.63) is 48.7 Å². The molecule has 0 aliphatic rings. The molecule has 0 aliphatic heterocycles. The van der Waals surface area contributed by atoms with E-state index in [1.54, 1.807) is 0 Å². The minimum Gasteiger partial charge on any atom is -0.358 e. The fourth-order valence-corrected chi connectivity index (χ4v) is 1.93. The van der Waals surface area contributed by atoms with Crippen molar-refractivity contribution in [3.63, 3.8) is 0 Å². The minimum absolute atomic E-state index is 0.0835. The maximum atomic E-state index is 5.76. The predicted octanol–water partition coefficient (Wildman–Crippen LogP) is 4.10. The van der Waals surface area contributed by atoms with Crippen LogP contribution in [-0.2, 0) is 4.74 Å². The Labute approximate surface area is 103 Å². The molecule has 90 valence electrons. The van der Waals surface area contributed by atoms with Crippen LogP contribution in [0.4, 0.5) is 0 Å². The first-order valence-electron chi connectivity index (χ1n) is 6.16. The molecule has 1 heterocycles. The molecule has 1 atom stereocenters. The van der Waals surface area contributed by atoms with E-state index in [0.717, 1.165) is 13.0 Å². The summed E-state index contributed by atoms with van der Waals surface area (Å²) in [5, 5.41) is 0. The number of hydrogen-bond acceptors (Lipinski definition) is 1. The first-order chi connectivity index (χ1) is 8.33. The second kappa shape index (κ2) is 5.69. The summed E-state index contributed by atoms with van der Waals surface area (Å²) >= 11 is 0. The summed E-state index contributed by atoms with van der Waals surface area (Å²) in [4.78, 5) is 0. The Bertz CT molecular complexity index is 447. The van der Waals surface area contributed by atoms with Gasteiger partial charge in [-0.25, -0.2) is 0 Å². The molecule has 0 N–H and O–H groups in total. The fourth-order valence-electron chi connectivity index (χ4n) is 1.93. The molecular formula is C15H19NO. The molecule has 0 unspecified atom stereocenters. The standard InChI is InChI=1S/C15H19NO/c1-3-12-17-13(2)16-11-7-10-15(16)14-8-5-4-6-9-14/h4-11,13H,3,12H2,1-2H3/t13-/m1/s1. The summed E-state index contributed by atoms with van der Waals surface area (Å²) in [6.07, 6.45) is 3.20. The first-order valence-corrected chi connectivity index (χ1v) is 6.16. The maximum Gasteiger partial charge on any atom is 0.131 e. The van der Waals surface area contributed by atoms with Crippen molar-refractivity contribution in [3.8, 4) is 11.3 Å². The normalized spacial score (nSPS) is 12.6. The van der Waals surface area contributed by atoms with E-state index >= 15 is 0 Å². The quantitative estimate of drug-likeness (QED) is 0.753. The van der Waals surface area contributed by atoms with Crippen molar-refractivity contribution in [2.45, 2.75) is 26.5 Å². The molecular weight excluding hydrogens is 210 g/mol. The summed E-state index contributed by atoms with van der Waals surface area (Å²) < 4.78 is 7.93. The third kappa shape index (κ3) is 2.77. The van der Waals surface area contributed by atoms with Crippen molar-refractivity contribution < 1.29 is 4.74 Å². The van der Waals surface area contributed by atoms with Crippen LogP contribution in [0.2, 0.25) is 0 Å². The predicted molar refractivity (Wildman–Crippen MR) is 70.8 cm³/mol. The Hall–Kier alpha value is -1.54. The Morgan fingerprint density at radius 2 is 1.88 bits per heavy atom. The molecule has 1 aromatic carbocycles. The van der Waals surface area contributed by atoms with Gasteiger partial charge < -0.3 is 9.30 Å². The van der Waals surface area contributed by atoms with Crippen LogP contribution in [0.5, 0.6) is 0 Å². The zero-order chi connectivity index (χ0) is 12.1. The van der Waals surface area contributed by atoms with Gasteiger partial charge in [-0.1, -0.05) is 37.3 Å². The Morgan fingerprint density at radius 3 is 2.59 bits per heavy atom. The van der Waals surface area contributed by atoms with E-state index in [1.165, 1.54) is 11.3 Å². The van der Waals surface area contributed by atoms with Crippen molar-refractivity contribution >= 4 is 0 Å². The van der Waals surface area contributed by atoms with E-state index in [0.29, 0.717) is 0 Å². The summed E-state index contributed by atoms with van der Waals surface area (Å²) in [6, 6.07) is 14.6. The number of aromatic nitrogens is 1. The van der Waals surface area contributed by atoms with Crippen LogP contribution < -0.4 is 0 Å². The zero-order valence-corrected chi connectivity index (χ0v) is 10.5. The SMILES string of the molecule is CCCO[C@H](C)n1cccc1-c1ccccc1. The number of benzene rings is 1. The molecule has 2 rings (SSSR count). The van der Waals surface area contributed by atoms with Gasteiger partial charge in [0.05, 0.1) is 5.69 Å². The van der Waals surface area contributed by atoms with Crippen LogP contribution in [-0.4, -0.2) is 11.2 Å². The van der Waals surface area contributed by atoms with Gasteiger partial charge in [-0.3, -0.25) is 0 Å². The van der Waals surface area contributed by atoms with Crippen LogP contribution in [0.15, 0.2) is 48.7 Å². The lowest BCUT2D eigenvalue weighted by Crippen LogP contribution is -2.10. The summed E-state index contributed by atoms with van der Waals surface area (Å²) in [5.74, 6) is 0. The molecule has 1 aromatic heterocycles. The number of rotatable bonds is 5. The van der Waals surface area contributed by atoms with Crippen LogP contribution >= 0.6 is 0 Å². The van der Waals surface area contributed by atoms with Gasteiger partial charge in [0, 0.05) is 12.8 Å². The second-order valence-electron chi connectivity index (χ2n) is 4.14. The smallest absolute Gasteiger partial charge is 0.131 e. The van der Waals surface area contributed by atoms with Gasteiger partial charge in [-0.05, 0) is 31.0 Å². The first kappa shape index (κ1) is 11.9. The molecule has 17 heavy (non-hydrogen) atoms. The Kier molecular flexibility index (Phi) is 3.99. The molecule has 0 bridgehead atoms. The molecule has 0 aliphatic carbocycles. The van der Waals surface area contributed by atoms with Gasteiger partial charge in [0.1, 0.15) is 6.23 Å². The van der Waals surface area contributed by atoms with Crippen molar-refractivity contribution in [2.24, 2.45) is 0 Å². The average Bonchev–Trinajstić information content (AvgIpc) is 2.86. The molecule has 2 nitrogen and oxygen atoms in total. The molecule has 0 saturated heterocycles. The van der Waals surface area contributed by atoms with Crippen molar-refractivity contribution in [1.82, 2.24) is 4.57 Å². The zero-order valence-electron chi connectivity index (χ0n) is 10.5. The van der Waals surface area contributed by atoms with Crippen molar-refractivity contribution in [2.75, 3.05) is 6.61 Å². The van der Waals surface area contributed by atoms with Gasteiger partial charge in [0.2, 0.25) is 0 Å². The highest BCUT2D eigenvalue weighted by atomic mass is 16.5. The molecule has 2 heteroatoms. The lowest BCUT2D eigenvalue weighted by Gasteiger charge is -2.18. The van der Waals surface area contributed by atoms with E-state index in [-0.39, 0.29) is 6.23 Å². The highest BCUT2D eigenvalue weighted by Gasteiger charge is 2.09. The van der Waals surface area contributed by atoms with E-state index < -0.39 is 0 Å². The van der Waals surface area contributed by atoms with Gasteiger partial charge in [-0.15, -0.1) is 0 Å². The van der Waals surface area contributed by atoms with Gasteiger partial charge in [0.15, 0.2) is 0 Å². The molecule has 0 radical (unpaired) electrons. The lowest BCUT2D eigenvalue weighted by molar-refractivity contribution is 0.0180. The second-order valence-corrected chi connectivity index (χ2v) is 4.14. The van der Waals surface area contributed by atoms with E-state index in [1.807, 2.05) is 6.07 Å². The molecule has 2 aromatic rings. The summed E-state index contributed by atoms with van der Waals surface area (Å²) in [6.45, 7) is 5.01. The van der Waals surface area contributed by atoms with Crippen LogP contribution in [0.25, 0.3) is 11.3 Å². The Balaban J connectivity index is 2.23. The molecule has 0 saturated carbocycles. The van der Waals surface area contributed by atoms with Crippen molar-refractivity contribution in [1.29, 1.82) is 0 Å². The maximum absolute atomic E-state index is 5.76. The Morgan fingerprint density at radius 1 is 1.12 bits per heavy atom. The molecule has 0 spiro atoms. The van der Waals surface area contributed by atoms with Crippen LogP contribution in [0.1, 0.15) is 26.5 Å².